The van der Waals surface area contributed by atoms with Gasteiger partial charge in [0, 0.05) is 13.1 Å². The van der Waals surface area contributed by atoms with Gasteiger partial charge in [-0.1, -0.05) is 20.8 Å². The fraction of sp³-hybridized carbons (Fsp3) is 1.00. The minimum atomic E-state index is 0.781. The molecule has 0 saturated carbocycles. The predicted molar refractivity (Wildman–Crippen MR) is 64.7 cm³/mol. The Labute approximate surface area is 90.3 Å². The van der Waals surface area contributed by atoms with Gasteiger partial charge >= 0.3 is 0 Å². The van der Waals surface area contributed by atoms with Crippen LogP contribution in [-0.4, -0.2) is 50.1 Å². The summed E-state index contributed by atoms with van der Waals surface area (Å²) >= 11 is 0. The Morgan fingerprint density at radius 2 is 1.21 bits per heavy atom. The second-order valence-corrected chi connectivity index (χ2v) is 4.63. The molecule has 0 atom stereocenters. The number of nitrogens with zero attached hydrogens (tertiary/aromatic N) is 2. The predicted octanol–water partition coefficient (Wildman–Crippen LogP) is 2.31. The third kappa shape index (κ3) is 7.34. The zero-order valence-corrected chi connectivity index (χ0v) is 10.7. The molecule has 0 amide bonds. The average molecular weight is 200 g/mol. The lowest BCUT2D eigenvalue weighted by atomic mass is 10.1. The summed E-state index contributed by atoms with van der Waals surface area (Å²) in [6, 6.07) is 0. The lowest BCUT2D eigenvalue weighted by molar-refractivity contribution is 0.226. The summed E-state index contributed by atoms with van der Waals surface area (Å²) in [7, 11) is 4.44. The Bertz CT molecular complexity index is 111. The highest BCUT2D eigenvalue weighted by Gasteiger charge is 2.08. The van der Waals surface area contributed by atoms with E-state index in [2.05, 4.69) is 44.7 Å². The molecule has 0 fully saturated rings. The number of rotatable bonds is 8. The fourth-order valence-corrected chi connectivity index (χ4v) is 2.07. The summed E-state index contributed by atoms with van der Waals surface area (Å²) < 4.78 is 0. The van der Waals surface area contributed by atoms with Crippen LogP contribution in [0.25, 0.3) is 0 Å². The summed E-state index contributed by atoms with van der Waals surface area (Å²) in [5.41, 5.74) is 0. The standard InChI is InChI=1S/C12H28N2/c1-6-8-13(4)10-12(3)11-14(5)9-7-2/h12H,6-11H2,1-5H3. The third-order valence-corrected chi connectivity index (χ3v) is 2.46. The van der Waals surface area contributed by atoms with Gasteiger partial charge in [-0.25, -0.2) is 0 Å². The Morgan fingerprint density at radius 3 is 1.50 bits per heavy atom. The van der Waals surface area contributed by atoms with Gasteiger partial charge in [0.25, 0.3) is 0 Å². The Hall–Kier alpha value is -0.0800. The molecule has 86 valence electrons. The van der Waals surface area contributed by atoms with Gasteiger partial charge in [0.2, 0.25) is 0 Å². The van der Waals surface area contributed by atoms with Gasteiger partial charge in [0.05, 0.1) is 0 Å². The van der Waals surface area contributed by atoms with Crippen LogP contribution in [0.3, 0.4) is 0 Å². The molecule has 0 aliphatic carbocycles. The van der Waals surface area contributed by atoms with Crippen molar-refractivity contribution in [3.8, 4) is 0 Å². The second-order valence-electron chi connectivity index (χ2n) is 4.63. The van der Waals surface area contributed by atoms with Crippen molar-refractivity contribution < 1.29 is 0 Å². The van der Waals surface area contributed by atoms with E-state index in [1.807, 2.05) is 0 Å². The van der Waals surface area contributed by atoms with E-state index < -0.39 is 0 Å². The molecule has 0 spiro atoms. The first-order valence-electron chi connectivity index (χ1n) is 5.97. The van der Waals surface area contributed by atoms with Crippen LogP contribution in [0.2, 0.25) is 0 Å². The van der Waals surface area contributed by atoms with Crippen LogP contribution < -0.4 is 0 Å². The molecule has 0 aromatic carbocycles. The van der Waals surface area contributed by atoms with Crippen LogP contribution in [0.15, 0.2) is 0 Å². The largest absolute Gasteiger partial charge is 0.306 e. The van der Waals surface area contributed by atoms with Crippen molar-refractivity contribution >= 4 is 0 Å². The van der Waals surface area contributed by atoms with Crippen LogP contribution in [-0.2, 0) is 0 Å². The van der Waals surface area contributed by atoms with E-state index >= 15 is 0 Å². The molecule has 2 heteroatoms. The molecule has 2 nitrogen and oxygen atoms in total. The highest BCUT2D eigenvalue weighted by atomic mass is 15.1. The molecular weight excluding hydrogens is 172 g/mol. The van der Waals surface area contributed by atoms with Crippen molar-refractivity contribution in [2.24, 2.45) is 5.92 Å². The maximum atomic E-state index is 2.43. The van der Waals surface area contributed by atoms with Crippen LogP contribution in [0.5, 0.6) is 0 Å². The van der Waals surface area contributed by atoms with Gasteiger partial charge < -0.3 is 9.80 Å². The first kappa shape index (κ1) is 13.9. The van der Waals surface area contributed by atoms with Crippen LogP contribution in [0, 0.1) is 5.92 Å². The Balaban J connectivity index is 3.57. The average Bonchev–Trinajstić information content (AvgIpc) is 2.03. The Morgan fingerprint density at radius 1 is 0.857 bits per heavy atom. The summed E-state index contributed by atoms with van der Waals surface area (Å²) in [5, 5.41) is 0. The van der Waals surface area contributed by atoms with Gasteiger partial charge in [-0.15, -0.1) is 0 Å². The summed E-state index contributed by atoms with van der Waals surface area (Å²) in [6.07, 6.45) is 2.52. The van der Waals surface area contributed by atoms with Crippen molar-refractivity contribution in [1.82, 2.24) is 9.80 Å². The molecular formula is C12H28N2. The lowest BCUT2D eigenvalue weighted by Crippen LogP contribution is -2.32. The van der Waals surface area contributed by atoms with Crippen molar-refractivity contribution in [2.75, 3.05) is 40.3 Å². The molecule has 0 bridgehead atoms. The van der Waals surface area contributed by atoms with E-state index in [-0.39, 0.29) is 0 Å². The van der Waals surface area contributed by atoms with Crippen LogP contribution in [0.1, 0.15) is 33.6 Å². The first-order valence-corrected chi connectivity index (χ1v) is 5.97. The van der Waals surface area contributed by atoms with Gasteiger partial charge in [-0.2, -0.15) is 0 Å². The molecule has 0 heterocycles. The van der Waals surface area contributed by atoms with E-state index in [4.69, 9.17) is 0 Å². The second kappa shape index (κ2) is 8.25. The van der Waals surface area contributed by atoms with E-state index in [9.17, 15) is 0 Å². The Kier molecular flexibility index (Phi) is 8.20. The van der Waals surface area contributed by atoms with Gasteiger partial charge in [0.1, 0.15) is 0 Å². The molecule has 0 radical (unpaired) electrons. The topological polar surface area (TPSA) is 6.48 Å². The first-order chi connectivity index (χ1) is 6.60. The van der Waals surface area contributed by atoms with Gasteiger partial charge in [-0.05, 0) is 45.9 Å². The normalized spacial score (nSPS) is 12.0. The van der Waals surface area contributed by atoms with Crippen molar-refractivity contribution in [3.05, 3.63) is 0 Å². The lowest BCUT2D eigenvalue weighted by Gasteiger charge is -2.25. The van der Waals surface area contributed by atoms with Crippen molar-refractivity contribution in [2.45, 2.75) is 33.6 Å². The monoisotopic (exact) mass is 200 g/mol. The molecule has 0 rings (SSSR count). The molecule has 0 saturated heterocycles. The van der Waals surface area contributed by atoms with Gasteiger partial charge in [0.15, 0.2) is 0 Å². The van der Waals surface area contributed by atoms with Crippen molar-refractivity contribution in [1.29, 1.82) is 0 Å². The molecule has 14 heavy (non-hydrogen) atoms. The summed E-state index contributed by atoms with van der Waals surface area (Å²) in [5.74, 6) is 0.781. The minimum Gasteiger partial charge on any atom is -0.306 e. The minimum absolute atomic E-state index is 0.781. The molecule has 0 aliphatic heterocycles. The smallest absolute Gasteiger partial charge is 0.00162 e. The fourth-order valence-electron chi connectivity index (χ4n) is 2.07. The highest BCUT2D eigenvalue weighted by Crippen LogP contribution is 2.01. The third-order valence-electron chi connectivity index (χ3n) is 2.46. The van der Waals surface area contributed by atoms with Crippen molar-refractivity contribution in [3.63, 3.8) is 0 Å². The van der Waals surface area contributed by atoms with Crippen LogP contribution >= 0.6 is 0 Å². The van der Waals surface area contributed by atoms with E-state index in [0.29, 0.717) is 0 Å². The molecule has 0 aliphatic rings. The summed E-state index contributed by atoms with van der Waals surface area (Å²) in [4.78, 5) is 4.87. The van der Waals surface area contributed by atoms with E-state index in [1.165, 1.54) is 39.0 Å². The molecule has 0 N–H and O–H groups in total. The van der Waals surface area contributed by atoms with Gasteiger partial charge in [-0.3, -0.25) is 0 Å². The van der Waals surface area contributed by atoms with E-state index in [0.717, 1.165) is 5.92 Å². The maximum Gasteiger partial charge on any atom is 0.00162 e. The van der Waals surface area contributed by atoms with E-state index in [1.54, 1.807) is 0 Å². The quantitative estimate of drug-likeness (QED) is 0.593. The molecule has 0 unspecified atom stereocenters. The maximum absolute atomic E-state index is 2.43. The summed E-state index contributed by atoms with van der Waals surface area (Å²) in [6.45, 7) is 11.7. The van der Waals surface area contributed by atoms with Crippen LogP contribution in [0.4, 0.5) is 0 Å². The zero-order chi connectivity index (χ0) is 11.0. The number of hydrogen-bond acceptors (Lipinski definition) is 2. The SMILES string of the molecule is CCCN(C)CC(C)CN(C)CCC. The highest BCUT2D eigenvalue weighted by molar-refractivity contribution is 4.62. The number of hydrogen-bond donors (Lipinski definition) is 0. The molecule has 0 aromatic rings. The zero-order valence-electron chi connectivity index (χ0n) is 10.7. The molecule has 0 aromatic heterocycles.